The van der Waals surface area contributed by atoms with Crippen molar-refractivity contribution in [3.05, 3.63) is 112 Å². The number of carbonyl (C=O) groups excluding carboxylic acids is 2. The van der Waals surface area contributed by atoms with Gasteiger partial charge >= 0.3 is 0 Å². The van der Waals surface area contributed by atoms with E-state index in [-0.39, 0.29) is 10.7 Å². The maximum Gasteiger partial charge on any atom is 0.296 e. The molecule has 44 heavy (non-hydrogen) atoms. The molecule has 1 aliphatic rings. The van der Waals surface area contributed by atoms with Gasteiger partial charge in [-0.3, -0.25) is 14.5 Å². The fourth-order valence-corrected chi connectivity index (χ4v) is 6.53. The van der Waals surface area contributed by atoms with Gasteiger partial charge in [0.15, 0.2) is 27.4 Å². The molecule has 0 fully saturated rings. The van der Waals surface area contributed by atoms with Gasteiger partial charge in [-0.2, -0.15) is 0 Å². The predicted molar refractivity (Wildman–Crippen MR) is 175 cm³/mol. The minimum atomic E-state index is -0.976. The van der Waals surface area contributed by atoms with E-state index in [2.05, 4.69) is 17.1 Å². The van der Waals surface area contributed by atoms with Crippen molar-refractivity contribution in [2.45, 2.75) is 35.9 Å². The number of rotatable bonds is 13. The molecule has 3 aromatic carbocycles. The van der Waals surface area contributed by atoms with Crippen LogP contribution in [-0.2, 0) is 15.3 Å². The van der Waals surface area contributed by atoms with Gasteiger partial charge in [0.2, 0.25) is 5.13 Å². The SMILES string of the molecule is CCCCOc1ccc(C2C(C(=O)C=Cc3ccccc3)=C(O)C(=O)N2c2nnc(SCc3ccc(Cl)cc3)s2)cc1OC. The zero-order valence-electron chi connectivity index (χ0n) is 24.1. The molecule has 1 amide bonds. The van der Waals surface area contributed by atoms with E-state index < -0.39 is 23.5 Å². The van der Waals surface area contributed by atoms with Crippen LogP contribution in [0.1, 0.15) is 42.5 Å². The third-order valence-electron chi connectivity index (χ3n) is 6.84. The Hall–Kier alpha value is -4.12. The Balaban J connectivity index is 1.49. The summed E-state index contributed by atoms with van der Waals surface area (Å²) in [6, 6.07) is 21.1. The summed E-state index contributed by atoms with van der Waals surface area (Å²) in [7, 11) is 1.53. The van der Waals surface area contributed by atoms with E-state index in [9.17, 15) is 14.7 Å². The summed E-state index contributed by atoms with van der Waals surface area (Å²) in [4.78, 5) is 28.5. The summed E-state index contributed by atoms with van der Waals surface area (Å²) in [5, 5.41) is 20.6. The van der Waals surface area contributed by atoms with Crippen molar-refractivity contribution in [1.29, 1.82) is 0 Å². The average Bonchev–Trinajstić information content (AvgIpc) is 3.62. The van der Waals surface area contributed by atoms with Gasteiger partial charge in [-0.25, -0.2) is 0 Å². The molecular weight excluding hydrogens is 618 g/mol. The quantitative estimate of drug-likeness (QED) is 0.0677. The van der Waals surface area contributed by atoms with Crippen LogP contribution >= 0.6 is 34.7 Å². The highest BCUT2D eigenvalue weighted by molar-refractivity contribution is 8.00. The van der Waals surface area contributed by atoms with Crippen LogP contribution in [0.4, 0.5) is 5.13 Å². The zero-order valence-corrected chi connectivity index (χ0v) is 26.5. The van der Waals surface area contributed by atoms with Crippen LogP contribution in [0.5, 0.6) is 11.5 Å². The number of ether oxygens (including phenoxy) is 2. The molecule has 11 heteroatoms. The van der Waals surface area contributed by atoms with Crippen molar-refractivity contribution in [3.8, 4) is 11.5 Å². The molecule has 1 atom stereocenters. The molecule has 2 heterocycles. The first-order chi connectivity index (χ1) is 21.4. The molecule has 1 unspecified atom stereocenters. The molecule has 226 valence electrons. The first-order valence-corrected chi connectivity index (χ1v) is 16.1. The first kappa shape index (κ1) is 31.3. The fourth-order valence-electron chi connectivity index (χ4n) is 4.58. The standard InChI is InChI=1S/C33H30ClN3O5S2/c1-3-4-18-42-26-17-13-23(19-27(26)41-2)29-28(25(38)16-12-21-8-6-5-7-9-21)30(39)31(40)37(29)32-35-36-33(44-32)43-20-22-10-14-24(34)15-11-22/h5-17,19,29,39H,3-4,18,20H2,1-2H3. The molecule has 0 bridgehead atoms. The van der Waals surface area contributed by atoms with Crippen LogP contribution in [-0.4, -0.2) is 40.7 Å². The summed E-state index contributed by atoms with van der Waals surface area (Å²) in [6.45, 7) is 2.60. The Labute approximate surface area is 269 Å². The molecule has 4 aromatic rings. The van der Waals surface area contributed by atoms with E-state index in [1.165, 1.54) is 41.2 Å². The highest BCUT2D eigenvalue weighted by Crippen LogP contribution is 2.45. The summed E-state index contributed by atoms with van der Waals surface area (Å²) >= 11 is 8.67. The van der Waals surface area contributed by atoms with Crippen LogP contribution in [0.2, 0.25) is 5.02 Å². The second-order valence-corrected chi connectivity index (χ2v) is 12.4. The van der Waals surface area contributed by atoms with Gasteiger partial charge in [-0.1, -0.05) is 103 Å². The number of anilines is 1. The van der Waals surface area contributed by atoms with Gasteiger partial charge in [-0.15, -0.1) is 10.2 Å². The number of aliphatic hydroxyl groups excluding tert-OH is 1. The number of benzene rings is 3. The first-order valence-electron chi connectivity index (χ1n) is 13.9. The lowest BCUT2D eigenvalue weighted by Gasteiger charge is -2.24. The van der Waals surface area contributed by atoms with Gasteiger partial charge in [-0.05, 0) is 53.5 Å². The number of hydrogen-bond donors (Lipinski definition) is 1. The summed E-state index contributed by atoms with van der Waals surface area (Å²) < 4.78 is 12.1. The predicted octanol–water partition coefficient (Wildman–Crippen LogP) is 7.85. The van der Waals surface area contributed by atoms with Crippen molar-refractivity contribution in [2.24, 2.45) is 0 Å². The Morgan fingerprint density at radius 3 is 2.59 bits per heavy atom. The van der Waals surface area contributed by atoms with Crippen LogP contribution in [0.25, 0.3) is 6.08 Å². The highest BCUT2D eigenvalue weighted by atomic mass is 35.5. The maximum atomic E-state index is 13.6. The lowest BCUT2D eigenvalue weighted by atomic mass is 9.95. The number of ketones is 1. The highest BCUT2D eigenvalue weighted by Gasteiger charge is 2.45. The third-order valence-corrected chi connectivity index (χ3v) is 9.22. The summed E-state index contributed by atoms with van der Waals surface area (Å²) in [5.41, 5.74) is 2.34. The van der Waals surface area contributed by atoms with Gasteiger partial charge in [0.25, 0.3) is 5.91 Å². The number of methoxy groups -OCH3 is 1. The summed E-state index contributed by atoms with van der Waals surface area (Å²) in [6.07, 6.45) is 4.87. The van der Waals surface area contributed by atoms with Gasteiger partial charge < -0.3 is 14.6 Å². The zero-order chi connectivity index (χ0) is 31.1. The van der Waals surface area contributed by atoms with Crippen LogP contribution in [0.15, 0.2) is 94.5 Å². The lowest BCUT2D eigenvalue weighted by Crippen LogP contribution is -2.30. The van der Waals surface area contributed by atoms with Gasteiger partial charge in [0, 0.05) is 10.8 Å². The third kappa shape index (κ3) is 7.15. The van der Waals surface area contributed by atoms with E-state index in [0.29, 0.717) is 38.8 Å². The van der Waals surface area contributed by atoms with E-state index in [4.69, 9.17) is 21.1 Å². The fraction of sp³-hybridized carbons (Fsp3) is 0.212. The monoisotopic (exact) mass is 647 g/mol. The molecule has 0 saturated carbocycles. The van der Waals surface area contributed by atoms with Crippen LogP contribution < -0.4 is 14.4 Å². The minimum Gasteiger partial charge on any atom is -0.503 e. The molecule has 8 nitrogen and oxygen atoms in total. The Bertz CT molecular complexity index is 1690. The second kappa shape index (κ2) is 14.6. The van der Waals surface area contributed by atoms with E-state index >= 15 is 0 Å². The number of nitrogens with zero attached hydrogens (tertiary/aromatic N) is 3. The molecule has 0 radical (unpaired) electrons. The molecule has 0 aliphatic carbocycles. The van der Waals surface area contributed by atoms with Crippen molar-refractivity contribution in [1.82, 2.24) is 10.2 Å². The van der Waals surface area contributed by atoms with Crippen molar-refractivity contribution < 1.29 is 24.2 Å². The largest absolute Gasteiger partial charge is 0.503 e. The molecular formula is C33H30ClN3O5S2. The molecule has 5 rings (SSSR count). The van der Waals surface area contributed by atoms with Gasteiger partial charge in [0.05, 0.1) is 25.3 Å². The van der Waals surface area contributed by atoms with Crippen molar-refractivity contribution in [3.63, 3.8) is 0 Å². The number of thioether (sulfide) groups is 1. The smallest absolute Gasteiger partial charge is 0.296 e. The number of aromatic nitrogens is 2. The normalized spacial score (nSPS) is 14.9. The summed E-state index contributed by atoms with van der Waals surface area (Å²) in [5.74, 6) is -0.263. The molecule has 0 saturated heterocycles. The average molecular weight is 648 g/mol. The van der Waals surface area contributed by atoms with Crippen LogP contribution in [0, 0.1) is 0 Å². The minimum absolute atomic E-state index is 0.0607. The second-order valence-electron chi connectivity index (χ2n) is 9.83. The number of hydrogen-bond acceptors (Lipinski definition) is 9. The van der Waals surface area contributed by atoms with Crippen molar-refractivity contribution in [2.75, 3.05) is 18.6 Å². The lowest BCUT2D eigenvalue weighted by molar-refractivity contribution is -0.117. The Kier molecular flexibility index (Phi) is 10.4. The number of carbonyl (C=O) groups is 2. The van der Waals surface area contributed by atoms with Crippen molar-refractivity contribution >= 4 is 57.6 Å². The number of unbranched alkanes of at least 4 members (excludes halogenated alkanes) is 1. The van der Waals surface area contributed by atoms with E-state index in [0.717, 1.165) is 24.0 Å². The van der Waals surface area contributed by atoms with Crippen LogP contribution in [0.3, 0.4) is 0 Å². The maximum absolute atomic E-state index is 13.6. The Morgan fingerprint density at radius 2 is 1.86 bits per heavy atom. The number of amides is 1. The molecule has 1 aromatic heterocycles. The molecule has 1 N–H and O–H groups in total. The molecule has 1 aliphatic heterocycles. The van der Waals surface area contributed by atoms with E-state index in [1.54, 1.807) is 24.3 Å². The molecule has 0 spiro atoms. The number of allylic oxidation sites excluding steroid dienone is 1. The number of aliphatic hydroxyl groups is 1. The number of halogens is 1. The Morgan fingerprint density at radius 1 is 1.09 bits per heavy atom. The topological polar surface area (TPSA) is 102 Å². The van der Waals surface area contributed by atoms with E-state index in [1.807, 2.05) is 54.6 Å². The van der Waals surface area contributed by atoms with Gasteiger partial charge in [0.1, 0.15) is 0 Å².